The third kappa shape index (κ3) is 41.1. The van der Waals surface area contributed by atoms with Crippen molar-refractivity contribution in [1.82, 2.24) is 5.32 Å². The van der Waals surface area contributed by atoms with Gasteiger partial charge < -0.3 is 45.1 Å². The number of allylic oxidation sites excluding steroid dienone is 17. The first-order valence-corrected chi connectivity index (χ1v) is 30.7. The quantitative estimate of drug-likeness (QED) is 0.0149. The summed E-state index contributed by atoms with van der Waals surface area (Å²) in [6.07, 6.45) is 61.5. The number of carbonyl (C=O) groups excluding carboxylic acids is 2. The highest BCUT2D eigenvalue weighted by Crippen LogP contribution is 2.26. The average Bonchev–Trinajstić information content (AvgIpc) is 3.44. The van der Waals surface area contributed by atoms with Crippen molar-refractivity contribution in [2.45, 2.75) is 282 Å². The molecule has 8 unspecified atom stereocenters. The van der Waals surface area contributed by atoms with Crippen LogP contribution in [0.4, 0.5) is 0 Å². The van der Waals surface area contributed by atoms with Gasteiger partial charge in [0.15, 0.2) is 12.4 Å². The summed E-state index contributed by atoms with van der Waals surface area (Å²) in [7, 11) is 0. The molecule has 1 amide bonds. The van der Waals surface area contributed by atoms with Crippen LogP contribution < -0.4 is 5.32 Å². The van der Waals surface area contributed by atoms with Crippen molar-refractivity contribution in [3.05, 3.63) is 109 Å². The number of amides is 1. The highest BCUT2D eigenvalue weighted by atomic mass is 16.7. The van der Waals surface area contributed by atoms with Crippen LogP contribution in [0.2, 0.25) is 0 Å². The van der Waals surface area contributed by atoms with E-state index in [0.29, 0.717) is 19.3 Å². The molecule has 77 heavy (non-hydrogen) atoms. The molecule has 11 heteroatoms. The molecule has 0 aromatic heterocycles. The van der Waals surface area contributed by atoms with Gasteiger partial charge in [0.25, 0.3) is 0 Å². The zero-order valence-corrected chi connectivity index (χ0v) is 48.5. The minimum Gasteiger partial charge on any atom is -0.454 e. The number of nitrogens with one attached hydrogen (secondary N) is 1. The third-order valence-electron chi connectivity index (χ3n) is 13.8. The lowest BCUT2D eigenvalue weighted by atomic mass is 9.99. The lowest BCUT2D eigenvalue weighted by Crippen LogP contribution is -2.61. The van der Waals surface area contributed by atoms with Gasteiger partial charge in [0.1, 0.15) is 24.4 Å². The summed E-state index contributed by atoms with van der Waals surface area (Å²) in [4.78, 5) is 26.5. The Kier molecular flexibility index (Phi) is 49.1. The van der Waals surface area contributed by atoms with E-state index >= 15 is 0 Å². The second-order valence-corrected chi connectivity index (χ2v) is 20.8. The smallest absolute Gasteiger partial charge is 0.306 e. The van der Waals surface area contributed by atoms with Gasteiger partial charge in [0, 0.05) is 6.42 Å². The fraction of sp³-hybridized carbons (Fsp3) is 0.697. The van der Waals surface area contributed by atoms with E-state index < -0.39 is 67.4 Å². The van der Waals surface area contributed by atoms with E-state index in [4.69, 9.17) is 14.2 Å². The predicted molar refractivity (Wildman–Crippen MR) is 319 cm³/mol. The fourth-order valence-corrected chi connectivity index (χ4v) is 8.92. The van der Waals surface area contributed by atoms with E-state index in [1.807, 2.05) is 60.8 Å². The molecule has 0 aliphatic carbocycles. The van der Waals surface area contributed by atoms with Crippen LogP contribution in [0.5, 0.6) is 0 Å². The Morgan fingerprint density at radius 3 is 1.53 bits per heavy atom. The number of rotatable bonds is 50. The molecular formula is C66H111NO10. The molecule has 1 heterocycles. The SMILES string of the molecule is CC/C=C/C=C/C=C\C=C/C=C/CCCC(=O)OC1C(OCC(NC(=O)C(O)CCCCCCCCCCCCC/C=C\C/C=C\C/C=C\CCCCC)C(O)/C=C/CCCCCCCCCCC)OC(CO)C(O)C1O. The van der Waals surface area contributed by atoms with Crippen LogP contribution in [0.3, 0.4) is 0 Å². The molecule has 0 radical (unpaired) electrons. The summed E-state index contributed by atoms with van der Waals surface area (Å²) in [6.45, 7) is 5.55. The van der Waals surface area contributed by atoms with Crippen molar-refractivity contribution in [1.29, 1.82) is 0 Å². The molecular weight excluding hydrogens is 967 g/mol. The van der Waals surface area contributed by atoms with Crippen LogP contribution in [0, 0.1) is 0 Å². The zero-order valence-electron chi connectivity index (χ0n) is 48.5. The van der Waals surface area contributed by atoms with Gasteiger partial charge in [-0.2, -0.15) is 0 Å². The maximum absolute atomic E-state index is 13.4. The van der Waals surface area contributed by atoms with Crippen molar-refractivity contribution >= 4 is 11.9 Å². The number of aliphatic hydroxyl groups excluding tert-OH is 5. The molecule has 0 bridgehead atoms. The van der Waals surface area contributed by atoms with Crippen LogP contribution in [-0.2, 0) is 23.8 Å². The second kappa shape index (κ2) is 53.0. The molecule has 1 saturated heterocycles. The number of carbonyl (C=O) groups is 2. The fourth-order valence-electron chi connectivity index (χ4n) is 8.92. The van der Waals surface area contributed by atoms with Crippen molar-refractivity contribution in [2.75, 3.05) is 13.2 Å². The number of hydrogen-bond acceptors (Lipinski definition) is 10. The molecule has 1 fully saturated rings. The first-order chi connectivity index (χ1) is 37.7. The Morgan fingerprint density at radius 2 is 0.987 bits per heavy atom. The van der Waals surface area contributed by atoms with E-state index in [9.17, 15) is 35.1 Å². The third-order valence-corrected chi connectivity index (χ3v) is 13.8. The number of hydrogen-bond donors (Lipinski definition) is 6. The van der Waals surface area contributed by atoms with E-state index in [2.05, 4.69) is 68.6 Å². The molecule has 11 nitrogen and oxygen atoms in total. The second-order valence-electron chi connectivity index (χ2n) is 20.8. The van der Waals surface area contributed by atoms with Crippen molar-refractivity contribution in [3.8, 4) is 0 Å². The Hall–Kier alpha value is -3.68. The molecule has 0 aromatic carbocycles. The van der Waals surface area contributed by atoms with Crippen LogP contribution >= 0.6 is 0 Å². The topological polar surface area (TPSA) is 175 Å². The van der Waals surface area contributed by atoms with Crippen LogP contribution in [-0.4, -0.2) is 99.6 Å². The molecule has 1 aliphatic rings. The summed E-state index contributed by atoms with van der Waals surface area (Å²) in [5, 5.41) is 56.8. The maximum Gasteiger partial charge on any atom is 0.306 e. The Bertz CT molecular complexity index is 1660. The lowest BCUT2D eigenvalue weighted by molar-refractivity contribution is -0.305. The normalized spacial score (nSPS) is 19.8. The molecule has 0 spiro atoms. The van der Waals surface area contributed by atoms with Gasteiger partial charge in [0.05, 0.1) is 25.4 Å². The zero-order chi connectivity index (χ0) is 56.1. The first kappa shape index (κ1) is 71.3. The van der Waals surface area contributed by atoms with Crippen molar-refractivity contribution in [2.24, 2.45) is 0 Å². The molecule has 6 N–H and O–H groups in total. The standard InChI is InChI=1S/C66H111NO10/c1-4-7-10-13-16-19-22-24-25-26-27-28-29-30-31-32-33-34-36-38-41-44-47-50-53-59(70)65(74)67-57(58(69)52-49-46-43-40-37-21-18-15-12-9-6-3)56-75-66-64(63(73)62(72)60(55-68)76-66)77-61(71)54-51-48-45-42-39-35-23-20-17-14-11-8-5-2/h8,11,14,16-17,19-20,23-25,27-28,35,39,42,45,49,52,57-60,62-64,66,68-70,72-73H,4-7,9-10,12-13,15,18,21-22,26,29-34,36-38,40-41,43-44,46-48,50-51,53-56H2,1-3H3,(H,67,74)/b11-8+,17-14+,19-16-,23-20-,25-24-,28-27-,39-35-,45-42+,52-49+. The summed E-state index contributed by atoms with van der Waals surface area (Å²) < 4.78 is 17.5. The maximum atomic E-state index is 13.4. The van der Waals surface area contributed by atoms with Gasteiger partial charge in [-0.05, 0) is 77.0 Å². The van der Waals surface area contributed by atoms with Gasteiger partial charge in [-0.3, -0.25) is 9.59 Å². The Morgan fingerprint density at radius 1 is 0.532 bits per heavy atom. The lowest BCUT2D eigenvalue weighted by Gasteiger charge is -2.41. The van der Waals surface area contributed by atoms with Crippen LogP contribution in [0.15, 0.2) is 109 Å². The number of esters is 1. The average molecular weight is 1080 g/mol. The molecule has 1 rings (SSSR count). The predicted octanol–water partition coefficient (Wildman–Crippen LogP) is 14.5. The molecule has 440 valence electrons. The molecule has 0 saturated carbocycles. The van der Waals surface area contributed by atoms with Gasteiger partial charge in [-0.1, -0.05) is 259 Å². The number of unbranched alkanes of at least 4 members (excludes halogenated alkanes) is 24. The largest absolute Gasteiger partial charge is 0.454 e. The number of ether oxygens (including phenoxy) is 3. The van der Waals surface area contributed by atoms with Gasteiger partial charge in [-0.25, -0.2) is 0 Å². The first-order valence-electron chi connectivity index (χ1n) is 30.7. The molecule has 1 aliphatic heterocycles. The summed E-state index contributed by atoms with van der Waals surface area (Å²) in [5.74, 6) is -1.28. The van der Waals surface area contributed by atoms with Gasteiger partial charge in [0.2, 0.25) is 5.91 Å². The van der Waals surface area contributed by atoms with Crippen molar-refractivity contribution < 1.29 is 49.3 Å². The molecule has 0 aromatic rings. The minimum atomic E-state index is -1.65. The van der Waals surface area contributed by atoms with Gasteiger partial charge >= 0.3 is 5.97 Å². The summed E-state index contributed by atoms with van der Waals surface area (Å²) in [6, 6.07) is -1.05. The highest BCUT2D eigenvalue weighted by Gasteiger charge is 2.47. The van der Waals surface area contributed by atoms with E-state index in [1.165, 1.54) is 109 Å². The summed E-state index contributed by atoms with van der Waals surface area (Å²) >= 11 is 0. The number of aliphatic hydroxyl groups is 5. The monoisotopic (exact) mass is 1080 g/mol. The van der Waals surface area contributed by atoms with Crippen LogP contribution in [0.1, 0.15) is 233 Å². The van der Waals surface area contributed by atoms with E-state index in [1.54, 1.807) is 6.08 Å². The Labute approximate surface area is 468 Å². The highest BCUT2D eigenvalue weighted by molar-refractivity contribution is 5.80. The van der Waals surface area contributed by atoms with Crippen molar-refractivity contribution in [3.63, 3.8) is 0 Å². The van der Waals surface area contributed by atoms with Crippen LogP contribution in [0.25, 0.3) is 0 Å². The minimum absolute atomic E-state index is 0.0222. The molecule has 8 atom stereocenters. The van der Waals surface area contributed by atoms with E-state index in [0.717, 1.165) is 70.6 Å². The van der Waals surface area contributed by atoms with E-state index in [-0.39, 0.29) is 19.4 Å². The summed E-state index contributed by atoms with van der Waals surface area (Å²) in [5.41, 5.74) is 0. The Balaban J connectivity index is 2.65. The van der Waals surface area contributed by atoms with Gasteiger partial charge in [-0.15, -0.1) is 0 Å².